The number of aromatic nitrogens is 3. The minimum atomic E-state index is -0.221. The molecule has 0 spiro atoms. The molecule has 0 amide bonds. The first-order chi connectivity index (χ1) is 16.6. The van der Waals surface area contributed by atoms with Gasteiger partial charge in [0.05, 0.1) is 31.6 Å². The van der Waals surface area contributed by atoms with Crippen LogP contribution < -0.4 is 19.7 Å². The van der Waals surface area contributed by atoms with Crippen molar-refractivity contribution in [2.24, 2.45) is 0 Å². The highest BCUT2D eigenvalue weighted by Gasteiger charge is 2.43. The van der Waals surface area contributed by atoms with Crippen molar-refractivity contribution < 1.29 is 9.47 Å². The molecule has 8 heteroatoms. The molecule has 1 N–H and O–H groups in total. The second kappa shape index (κ2) is 9.15. The fourth-order valence-corrected chi connectivity index (χ4v) is 4.68. The summed E-state index contributed by atoms with van der Waals surface area (Å²) in [7, 11) is 3.30. The zero-order valence-corrected chi connectivity index (χ0v) is 20.0. The number of ether oxygens (including phenoxy) is 2. The minimum Gasteiger partial charge on any atom is -0.497 e. The molecule has 172 valence electrons. The SMILES string of the molecule is COc1ccc(OC)c(N2C(=S)N[C@@H](c3ccccn3)[C@@H]2c2cccn2-c2ccc(C)cn2)c1. The largest absolute Gasteiger partial charge is 0.497 e. The van der Waals surface area contributed by atoms with E-state index in [1.165, 1.54) is 0 Å². The van der Waals surface area contributed by atoms with Crippen LogP contribution in [0.1, 0.15) is 29.0 Å². The Labute approximate surface area is 204 Å². The lowest BCUT2D eigenvalue weighted by Crippen LogP contribution is -2.30. The van der Waals surface area contributed by atoms with Crippen LogP contribution in [0, 0.1) is 6.92 Å². The Morgan fingerprint density at radius 2 is 1.85 bits per heavy atom. The molecule has 7 nitrogen and oxygen atoms in total. The quantitative estimate of drug-likeness (QED) is 0.407. The van der Waals surface area contributed by atoms with Crippen molar-refractivity contribution in [1.29, 1.82) is 0 Å². The molecule has 1 saturated heterocycles. The van der Waals surface area contributed by atoms with Crippen LogP contribution in [0.3, 0.4) is 0 Å². The zero-order valence-electron chi connectivity index (χ0n) is 19.2. The Kier molecular flexibility index (Phi) is 5.90. The van der Waals surface area contributed by atoms with Gasteiger partial charge in [-0.15, -0.1) is 0 Å². The minimum absolute atomic E-state index is 0.191. The van der Waals surface area contributed by atoms with E-state index in [9.17, 15) is 0 Å². The molecule has 5 rings (SSSR count). The van der Waals surface area contributed by atoms with Gasteiger partial charge >= 0.3 is 0 Å². The molecule has 1 fully saturated rings. The number of methoxy groups -OCH3 is 2. The lowest BCUT2D eigenvalue weighted by molar-refractivity contribution is 0.402. The summed E-state index contributed by atoms with van der Waals surface area (Å²) in [5.41, 5.74) is 3.83. The summed E-state index contributed by atoms with van der Waals surface area (Å²) in [5, 5.41) is 4.08. The molecule has 0 aliphatic carbocycles. The monoisotopic (exact) mass is 471 g/mol. The summed E-state index contributed by atoms with van der Waals surface area (Å²) in [6, 6.07) is 19.4. The van der Waals surface area contributed by atoms with Gasteiger partial charge < -0.3 is 24.3 Å². The molecule has 0 unspecified atom stereocenters. The molecular formula is C26H25N5O2S. The first kappa shape index (κ1) is 21.9. The summed E-state index contributed by atoms with van der Waals surface area (Å²) in [4.78, 5) is 11.4. The van der Waals surface area contributed by atoms with Crippen LogP contribution in [0.25, 0.3) is 5.82 Å². The van der Waals surface area contributed by atoms with Gasteiger partial charge in [-0.3, -0.25) is 4.98 Å². The van der Waals surface area contributed by atoms with Gasteiger partial charge in [0.1, 0.15) is 23.4 Å². The van der Waals surface area contributed by atoms with Gasteiger partial charge in [0, 0.05) is 30.4 Å². The van der Waals surface area contributed by atoms with Gasteiger partial charge in [0.25, 0.3) is 0 Å². The highest BCUT2D eigenvalue weighted by molar-refractivity contribution is 7.80. The normalized spacial score (nSPS) is 17.5. The van der Waals surface area contributed by atoms with E-state index in [4.69, 9.17) is 21.7 Å². The number of nitrogens with zero attached hydrogens (tertiary/aromatic N) is 4. The molecular weight excluding hydrogens is 446 g/mol. The predicted octanol–water partition coefficient (Wildman–Crippen LogP) is 4.77. The molecule has 4 aromatic rings. The van der Waals surface area contributed by atoms with E-state index in [2.05, 4.69) is 36.9 Å². The Balaban J connectivity index is 1.70. The Bertz CT molecular complexity index is 1310. The van der Waals surface area contributed by atoms with Crippen LogP contribution in [-0.2, 0) is 0 Å². The average molecular weight is 472 g/mol. The van der Waals surface area contributed by atoms with Crippen molar-refractivity contribution in [1.82, 2.24) is 19.9 Å². The third-order valence-electron chi connectivity index (χ3n) is 5.97. The van der Waals surface area contributed by atoms with Crippen molar-refractivity contribution in [3.63, 3.8) is 0 Å². The predicted molar refractivity (Wildman–Crippen MR) is 136 cm³/mol. The van der Waals surface area contributed by atoms with E-state index in [1.807, 2.05) is 67.8 Å². The van der Waals surface area contributed by atoms with Crippen LogP contribution in [0.4, 0.5) is 5.69 Å². The van der Waals surface area contributed by atoms with E-state index in [0.29, 0.717) is 16.6 Å². The molecule has 4 heterocycles. The Morgan fingerprint density at radius 1 is 0.971 bits per heavy atom. The first-order valence-electron chi connectivity index (χ1n) is 10.9. The second-order valence-corrected chi connectivity index (χ2v) is 8.42. The van der Waals surface area contributed by atoms with Gasteiger partial charge in [-0.2, -0.15) is 0 Å². The molecule has 0 bridgehead atoms. The maximum atomic E-state index is 5.88. The van der Waals surface area contributed by atoms with Crippen LogP contribution in [0.15, 0.2) is 79.3 Å². The molecule has 1 aliphatic rings. The number of aryl methyl sites for hydroxylation is 1. The lowest BCUT2D eigenvalue weighted by atomic mass is 10.0. The third-order valence-corrected chi connectivity index (χ3v) is 6.28. The number of thiocarbonyl (C=S) groups is 1. The summed E-state index contributed by atoms with van der Waals surface area (Å²) in [6.07, 6.45) is 5.69. The second-order valence-electron chi connectivity index (χ2n) is 8.03. The van der Waals surface area contributed by atoms with Gasteiger partial charge in [-0.05, 0) is 67.2 Å². The van der Waals surface area contributed by atoms with Crippen molar-refractivity contribution in [2.45, 2.75) is 19.0 Å². The van der Waals surface area contributed by atoms with E-state index < -0.39 is 0 Å². The molecule has 3 aromatic heterocycles. The summed E-state index contributed by atoms with van der Waals surface area (Å²) in [6.45, 7) is 2.03. The number of benzene rings is 1. The summed E-state index contributed by atoms with van der Waals surface area (Å²) < 4.78 is 13.3. The van der Waals surface area contributed by atoms with Gasteiger partial charge in [0.15, 0.2) is 5.11 Å². The fourth-order valence-electron chi connectivity index (χ4n) is 4.35. The number of anilines is 1. The maximum absolute atomic E-state index is 5.88. The highest BCUT2D eigenvalue weighted by atomic mass is 32.1. The van der Waals surface area contributed by atoms with Gasteiger partial charge in [-0.25, -0.2) is 4.98 Å². The van der Waals surface area contributed by atoms with Crippen LogP contribution in [-0.4, -0.2) is 33.9 Å². The Hall–Kier alpha value is -3.91. The number of rotatable bonds is 6. The van der Waals surface area contributed by atoms with E-state index in [0.717, 1.165) is 28.5 Å². The van der Waals surface area contributed by atoms with Crippen molar-refractivity contribution in [3.8, 4) is 17.3 Å². The molecule has 1 aromatic carbocycles. The summed E-state index contributed by atoms with van der Waals surface area (Å²) in [5.74, 6) is 2.25. The molecule has 0 radical (unpaired) electrons. The van der Waals surface area contributed by atoms with Crippen molar-refractivity contribution in [2.75, 3.05) is 19.1 Å². The lowest BCUT2D eigenvalue weighted by Gasteiger charge is -2.30. The average Bonchev–Trinajstić information content (AvgIpc) is 3.49. The highest BCUT2D eigenvalue weighted by Crippen LogP contribution is 2.45. The van der Waals surface area contributed by atoms with Gasteiger partial charge in [-0.1, -0.05) is 12.1 Å². The topological polar surface area (TPSA) is 64.4 Å². The van der Waals surface area contributed by atoms with E-state index in [1.54, 1.807) is 20.4 Å². The number of hydrogen-bond donors (Lipinski definition) is 1. The smallest absolute Gasteiger partial charge is 0.174 e. The number of hydrogen-bond acceptors (Lipinski definition) is 5. The fraction of sp³-hybridized carbons (Fsp3) is 0.192. The maximum Gasteiger partial charge on any atom is 0.174 e. The van der Waals surface area contributed by atoms with E-state index >= 15 is 0 Å². The van der Waals surface area contributed by atoms with Crippen molar-refractivity contribution in [3.05, 3.63) is 96.2 Å². The van der Waals surface area contributed by atoms with Crippen LogP contribution in [0.5, 0.6) is 11.5 Å². The molecule has 34 heavy (non-hydrogen) atoms. The summed E-state index contributed by atoms with van der Waals surface area (Å²) >= 11 is 5.88. The van der Waals surface area contributed by atoms with Gasteiger partial charge in [0.2, 0.25) is 0 Å². The zero-order chi connectivity index (χ0) is 23.7. The number of nitrogens with one attached hydrogen (secondary N) is 1. The Morgan fingerprint density at radius 3 is 2.56 bits per heavy atom. The molecule has 2 atom stereocenters. The number of pyridine rings is 2. The third kappa shape index (κ3) is 3.86. The van der Waals surface area contributed by atoms with E-state index in [-0.39, 0.29) is 12.1 Å². The first-order valence-corrected chi connectivity index (χ1v) is 11.3. The van der Waals surface area contributed by atoms with Crippen molar-refractivity contribution >= 4 is 23.0 Å². The van der Waals surface area contributed by atoms with Crippen LogP contribution >= 0.6 is 12.2 Å². The standard InChI is InChI=1S/C26H25N5O2S/c1-17-9-12-23(28-16-17)30-14-6-8-20(30)25-24(19-7-4-5-13-27-19)29-26(34)31(25)21-15-18(32-2)10-11-22(21)33-3/h4-16,24-25H,1-3H3,(H,29,34)/t24-,25-/m0/s1. The molecule has 1 aliphatic heterocycles. The molecule has 0 saturated carbocycles. The van der Waals surface area contributed by atoms with Crippen LogP contribution in [0.2, 0.25) is 0 Å².